The van der Waals surface area contributed by atoms with E-state index in [1.54, 1.807) is 11.3 Å². The van der Waals surface area contributed by atoms with E-state index in [0.717, 1.165) is 31.4 Å². The van der Waals surface area contributed by atoms with Crippen LogP contribution in [0.1, 0.15) is 28.4 Å². The number of aryl methyl sites for hydroxylation is 2. The van der Waals surface area contributed by atoms with Crippen LogP contribution in [0.3, 0.4) is 0 Å². The highest BCUT2D eigenvalue weighted by molar-refractivity contribution is 8.01. The lowest BCUT2D eigenvalue weighted by atomic mass is 10.0. The first-order valence-corrected chi connectivity index (χ1v) is 9.63. The normalized spacial score (nSPS) is 11.0. The third kappa shape index (κ3) is 3.79. The summed E-state index contributed by atoms with van der Waals surface area (Å²) >= 11 is 3.10. The summed E-state index contributed by atoms with van der Waals surface area (Å²) in [5, 5.41) is 0. The van der Waals surface area contributed by atoms with Crippen LogP contribution in [0, 0.1) is 13.8 Å². The van der Waals surface area contributed by atoms with E-state index in [1.165, 1.54) is 17.3 Å². The van der Waals surface area contributed by atoms with Crippen molar-refractivity contribution in [3.8, 4) is 5.75 Å². The van der Waals surface area contributed by atoms with E-state index in [0.29, 0.717) is 12.4 Å². The molecule has 3 nitrogen and oxygen atoms in total. The number of benzene rings is 2. The number of carbonyl (C=O) groups is 1. The lowest BCUT2D eigenvalue weighted by molar-refractivity contribution is 0.102. The van der Waals surface area contributed by atoms with Crippen LogP contribution in [-0.4, -0.2) is 23.1 Å². The molecule has 3 aromatic rings. The highest BCUT2D eigenvalue weighted by atomic mass is 32.2. The predicted molar refractivity (Wildman–Crippen MR) is 102 cm³/mol. The van der Waals surface area contributed by atoms with Crippen molar-refractivity contribution < 1.29 is 9.53 Å². The second-order valence-electron chi connectivity index (χ2n) is 5.57. The van der Waals surface area contributed by atoms with Crippen LogP contribution in [0.5, 0.6) is 5.75 Å². The molecule has 0 aliphatic heterocycles. The van der Waals surface area contributed by atoms with E-state index in [2.05, 4.69) is 4.98 Å². The third-order valence-electron chi connectivity index (χ3n) is 3.66. The number of Topliss-reactive ketones (excluding diaryl/α,β-unsaturated/α-hetero) is 1. The largest absolute Gasteiger partial charge is 0.494 e. The van der Waals surface area contributed by atoms with Crippen molar-refractivity contribution in [1.29, 1.82) is 0 Å². The van der Waals surface area contributed by atoms with E-state index in [-0.39, 0.29) is 5.78 Å². The van der Waals surface area contributed by atoms with Crippen molar-refractivity contribution in [3.05, 3.63) is 53.1 Å². The average Bonchev–Trinajstić information content (AvgIpc) is 2.95. The van der Waals surface area contributed by atoms with Crippen molar-refractivity contribution in [2.75, 3.05) is 12.4 Å². The molecule has 5 heteroatoms. The van der Waals surface area contributed by atoms with Crippen LogP contribution in [-0.2, 0) is 0 Å². The highest BCUT2D eigenvalue weighted by Gasteiger charge is 2.12. The maximum atomic E-state index is 12.4. The summed E-state index contributed by atoms with van der Waals surface area (Å²) in [6.45, 7) is 6.64. The summed E-state index contributed by atoms with van der Waals surface area (Å²) in [5.41, 5.74) is 3.96. The highest BCUT2D eigenvalue weighted by Crippen LogP contribution is 2.32. The van der Waals surface area contributed by atoms with E-state index in [4.69, 9.17) is 4.74 Å². The minimum atomic E-state index is 0.145. The summed E-state index contributed by atoms with van der Waals surface area (Å²) in [5.74, 6) is 1.41. The van der Waals surface area contributed by atoms with Gasteiger partial charge in [-0.3, -0.25) is 4.79 Å². The molecule has 0 saturated carbocycles. The number of ether oxygens (including phenoxy) is 1. The van der Waals surface area contributed by atoms with Crippen LogP contribution < -0.4 is 4.74 Å². The topological polar surface area (TPSA) is 39.2 Å². The molecule has 0 amide bonds. The Balaban J connectivity index is 1.72. The molecule has 0 spiro atoms. The van der Waals surface area contributed by atoms with Crippen molar-refractivity contribution in [1.82, 2.24) is 4.98 Å². The van der Waals surface area contributed by atoms with E-state index >= 15 is 0 Å². The Morgan fingerprint density at radius 1 is 1.21 bits per heavy atom. The molecule has 0 aliphatic rings. The zero-order valence-electron chi connectivity index (χ0n) is 14.0. The molecule has 0 N–H and O–H groups in total. The third-order valence-corrected chi connectivity index (χ3v) is 5.82. The maximum Gasteiger partial charge on any atom is 0.173 e. The zero-order chi connectivity index (χ0) is 17.1. The molecular formula is C19H19NO2S2. The van der Waals surface area contributed by atoms with Crippen molar-refractivity contribution in [2.24, 2.45) is 0 Å². The Kier molecular flexibility index (Phi) is 5.21. The van der Waals surface area contributed by atoms with Gasteiger partial charge in [0.2, 0.25) is 0 Å². The fraction of sp³-hybridized carbons (Fsp3) is 0.263. The minimum absolute atomic E-state index is 0.145. The van der Waals surface area contributed by atoms with Crippen molar-refractivity contribution in [3.63, 3.8) is 0 Å². The Morgan fingerprint density at radius 3 is 2.79 bits per heavy atom. The first-order valence-electron chi connectivity index (χ1n) is 7.83. The molecule has 0 aliphatic carbocycles. The molecule has 0 radical (unpaired) electrons. The van der Waals surface area contributed by atoms with Crippen LogP contribution in [0.15, 0.2) is 40.7 Å². The smallest absolute Gasteiger partial charge is 0.173 e. The van der Waals surface area contributed by atoms with Gasteiger partial charge in [-0.25, -0.2) is 4.98 Å². The molecule has 1 aromatic heterocycles. The molecular weight excluding hydrogens is 338 g/mol. The molecule has 124 valence electrons. The van der Waals surface area contributed by atoms with Crippen LogP contribution in [0.4, 0.5) is 0 Å². The zero-order valence-corrected chi connectivity index (χ0v) is 15.6. The number of thiazole rings is 1. The molecule has 1 heterocycles. The lowest BCUT2D eigenvalue weighted by Gasteiger charge is -2.05. The second kappa shape index (κ2) is 7.36. The van der Waals surface area contributed by atoms with Crippen LogP contribution in [0.25, 0.3) is 10.2 Å². The van der Waals surface area contributed by atoms with Gasteiger partial charge in [-0.05, 0) is 44.5 Å². The Labute approximate surface area is 150 Å². The average molecular weight is 358 g/mol. The summed E-state index contributed by atoms with van der Waals surface area (Å²) in [7, 11) is 0. The van der Waals surface area contributed by atoms with Gasteiger partial charge in [-0.15, -0.1) is 11.3 Å². The minimum Gasteiger partial charge on any atom is -0.494 e. The van der Waals surface area contributed by atoms with E-state index < -0.39 is 0 Å². The number of carbonyl (C=O) groups excluding carboxylic acids is 1. The second-order valence-corrected chi connectivity index (χ2v) is 7.83. The van der Waals surface area contributed by atoms with Gasteiger partial charge < -0.3 is 4.74 Å². The van der Waals surface area contributed by atoms with Gasteiger partial charge in [-0.2, -0.15) is 0 Å². The van der Waals surface area contributed by atoms with Gasteiger partial charge in [0.25, 0.3) is 0 Å². The number of hydrogen-bond acceptors (Lipinski definition) is 5. The van der Waals surface area contributed by atoms with Crippen molar-refractivity contribution in [2.45, 2.75) is 25.1 Å². The van der Waals surface area contributed by atoms with E-state index in [1.807, 2.05) is 57.2 Å². The summed E-state index contributed by atoms with van der Waals surface area (Å²) in [6, 6.07) is 11.9. The monoisotopic (exact) mass is 357 g/mol. The first kappa shape index (κ1) is 17.0. The van der Waals surface area contributed by atoms with Crippen LogP contribution >= 0.6 is 23.1 Å². The number of fused-ring (bicyclic) bond motifs is 1. The molecule has 0 saturated heterocycles. The van der Waals surface area contributed by atoms with Gasteiger partial charge in [0, 0.05) is 5.56 Å². The molecule has 0 fully saturated rings. The summed E-state index contributed by atoms with van der Waals surface area (Å²) < 4.78 is 7.52. The number of rotatable bonds is 6. The molecule has 0 bridgehead atoms. The SMILES string of the molecule is CCOc1ccc2nc(SCC(=O)c3ccc(C)cc3C)sc2c1. The van der Waals surface area contributed by atoms with Gasteiger partial charge in [0.05, 0.1) is 22.6 Å². The molecule has 2 aromatic carbocycles. The fourth-order valence-corrected chi connectivity index (χ4v) is 4.51. The number of ketones is 1. The van der Waals surface area contributed by atoms with Crippen molar-refractivity contribution >= 4 is 39.1 Å². The number of aromatic nitrogens is 1. The molecule has 0 atom stereocenters. The number of hydrogen-bond donors (Lipinski definition) is 0. The van der Waals surface area contributed by atoms with Gasteiger partial charge >= 0.3 is 0 Å². The van der Waals surface area contributed by atoms with E-state index in [9.17, 15) is 4.79 Å². The summed E-state index contributed by atoms with van der Waals surface area (Å²) in [4.78, 5) is 17.0. The van der Waals surface area contributed by atoms with Gasteiger partial charge in [0.15, 0.2) is 10.1 Å². The predicted octanol–water partition coefficient (Wildman–Crippen LogP) is 5.29. The lowest BCUT2D eigenvalue weighted by Crippen LogP contribution is -2.04. The molecule has 0 unspecified atom stereocenters. The Bertz CT molecular complexity index is 886. The Hall–Kier alpha value is -1.85. The maximum absolute atomic E-state index is 12.4. The quantitative estimate of drug-likeness (QED) is 0.444. The molecule has 24 heavy (non-hydrogen) atoms. The first-order chi connectivity index (χ1) is 11.6. The van der Waals surface area contributed by atoms with Gasteiger partial charge in [0.1, 0.15) is 5.75 Å². The standard InChI is InChI=1S/C19H19NO2S2/c1-4-22-14-6-8-16-18(10-14)24-19(20-16)23-11-17(21)15-7-5-12(2)9-13(15)3/h5-10H,4,11H2,1-3H3. The number of nitrogens with zero attached hydrogens (tertiary/aromatic N) is 1. The molecule has 3 rings (SSSR count). The summed E-state index contributed by atoms with van der Waals surface area (Å²) in [6.07, 6.45) is 0. The number of thioether (sulfide) groups is 1. The van der Waals surface area contributed by atoms with Gasteiger partial charge in [-0.1, -0.05) is 35.5 Å². The Morgan fingerprint density at radius 2 is 2.04 bits per heavy atom. The van der Waals surface area contributed by atoms with Crippen LogP contribution in [0.2, 0.25) is 0 Å². The fourth-order valence-electron chi connectivity index (χ4n) is 2.53.